The number of benzene rings is 2. The molecule has 12 heteroatoms. The first kappa shape index (κ1) is 28.6. The number of aliphatic hydroxyl groups is 1. The molecule has 43 heavy (non-hydrogen) atoms. The Labute approximate surface area is 258 Å². The lowest BCUT2D eigenvalue weighted by atomic mass is 9.62. The number of halogens is 3. The van der Waals surface area contributed by atoms with Gasteiger partial charge in [0.05, 0.1) is 41.3 Å². The smallest absolute Gasteiger partial charge is 0.337 e. The van der Waals surface area contributed by atoms with Crippen molar-refractivity contribution in [2.45, 2.75) is 51.0 Å². The van der Waals surface area contributed by atoms with Crippen molar-refractivity contribution in [3.8, 4) is 16.9 Å². The third kappa shape index (κ3) is 5.18. The van der Waals surface area contributed by atoms with Gasteiger partial charge in [-0.15, -0.1) is 0 Å². The van der Waals surface area contributed by atoms with Crippen molar-refractivity contribution in [1.82, 2.24) is 24.2 Å². The first-order chi connectivity index (χ1) is 20.7. The van der Waals surface area contributed by atoms with Gasteiger partial charge in [0, 0.05) is 54.3 Å². The Morgan fingerprint density at radius 1 is 1.23 bits per heavy atom. The summed E-state index contributed by atoms with van der Waals surface area (Å²) in [4.78, 5) is 20.0. The highest BCUT2D eigenvalue weighted by Gasteiger charge is 2.51. The van der Waals surface area contributed by atoms with Crippen LogP contribution in [0.4, 0.5) is 4.39 Å². The van der Waals surface area contributed by atoms with E-state index in [4.69, 9.17) is 32.7 Å². The van der Waals surface area contributed by atoms with Crippen molar-refractivity contribution in [2.24, 2.45) is 5.41 Å². The topological polar surface area (TPSA) is 94.6 Å². The van der Waals surface area contributed by atoms with E-state index in [0.717, 1.165) is 43.8 Å². The van der Waals surface area contributed by atoms with Gasteiger partial charge in [-0.3, -0.25) is 9.58 Å². The van der Waals surface area contributed by atoms with Crippen LogP contribution in [0.5, 0.6) is 5.75 Å². The number of hydrogen-bond donors (Lipinski definition) is 1. The zero-order valence-electron chi connectivity index (χ0n) is 23.7. The quantitative estimate of drug-likeness (QED) is 0.258. The van der Waals surface area contributed by atoms with Gasteiger partial charge in [0.2, 0.25) is 0 Å². The fraction of sp³-hybridized carbons (Fsp3) is 0.452. The zero-order chi connectivity index (χ0) is 29.9. The first-order valence-corrected chi connectivity index (χ1v) is 15.3. The van der Waals surface area contributed by atoms with Crippen LogP contribution in [0.2, 0.25) is 10.0 Å². The third-order valence-electron chi connectivity index (χ3n) is 8.82. The fourth-order valence-electron chi connectivity index (χ4n) is 6.83. The lowest BCUT2D eigenvalue weighted by Gasteiger charge is -2.57. The van der Waals surface area contributed by atoms with Gasteiger partial charge in [0.1, 0.15) is 24.0 Å². The number of carbonyl (C=O) groups is 1. The van der Waals surface area contributed by atoms with Crippen LogP contribution >= 0.6 is 23.2 Å². The van der Waals surface area contributed by atoms with E-state index < -0.39 is 18.2 Å². The molecule has 0 radical (unpaired) electrons. The molecule has 1 spiro atoms. The molecule has 4 aromatic rings. The summed E-state index contributed by atoms with van der Waals surface area (Å²) < 4.78 is 28.7. The number of carbonyl (C=O) groups excluding carboxylic acids is 1. The predicted molar refractivity (Wildman–Crippen MR) is 160 cm³/mol. The minimum absolute atomic E-state index is 0.118. The highest BCUT2D eigenvalue weighted by molar-refractivity contribution is 6.42. The second-order valence-electron chi connectivity index (χ2n) is 11.9. The average molecular weight is 629 g/mol. The van der Waals surface area contributed by atoms with Gasteiger partial charge in [-0.1, -0.05) is 35.3 Å². The second-order valence-corrected chi connectivity index (χ2v) is 12.7. The van der Waals surface area contributed by atoms with E-state index in [1.54, 1.807) is 30.1 Å². The van der Waals surface area contributed by atoms with Gasteiger partial charge in [-0.25, -0.2) is 14.2 Å². The van der Waals surface area contributed by atoms with E-state index in [2.05, 4.69) is 15.0 Å². The molecule has 0 amide bonds. The van der Waals surface area contributed by atoms with Crippen LogP contribution in [0.3, 0.4) is 0 Å². The molecule has 4 heterocycles. The van der Waals surface area contributed by atoms with E-state index in [1.807, 2.05) is 24.3 Å². The number of likely N-dealkylation sites (tertiary alicyclic amines) is 1. The zero-order valence-corrected chi connectivity index (χ0v) is 25.2. The van der Waals surface area contributed by atoms with Gasteiger partial charge in [-0.2, -0.15) is 5.10 Å². The van der Waals surface area contributed by atoms with E-state index >= 15 is 0 Å². The van der Waals surface area contributed by atoms with Gasteiger partial charge < -0.3 is 19.1 Å². The van der Waals surface area contributed by atoms with Crippen molar-refractivity contribution in [1.29, 1.82) is 0 Å². The Morgan fingerprint density at radius 3 is 2.72 bits per heavy atom. The molecule has 2 aromatic heterocycles. The fourth-order valence-corrected chi connectivity index (χ4v) is 7.38. The second kappa shape index (κ2) is 11.1. The number of rotatable bonds is 9. The molecule has 1 aliphatic carbocycles. The molecule has 1 N–H and O–H groups in total. The van der Waals surface area contributed by atoms with Crippen LogP contribution in [0, 0.1) is 5.41 Å². The summed E-state index contributed by atoms with van der Waals surface area (Å²) in [7, 11) is 0. The Morgan fingerprint density at radius 2 is 2.00 bits per heavy atom. The Hall–Kier alpha value is -3.18. The van der Waals surface area contributed by atoms with E-state index in [-0.39, 0.29) is 25.7 Å². The molecule has 1 saturated heterocycles. The van der Waals surface area contributed by atoms with Crippen molar-refractivity contribution in [2.75, 3.05) is 32.8 Å². The summed E-state index contributed by atoms with van der Waals surface area (Å²) in [6.45, 7) is 5.61. The Kier molecular flexibility index (Phi) is 7.36. The molecule has 0 bridgehead atoms. The van der Waals surface area contributed by atoms with E-state index in [1.165, 1.54) is 4.68 Å². The molecular weight excluding hydrogens is 596 g/mol. The van der Waals surface area contributed by atoms with Crippen molar-refractivity contribution in [3.05, 3.63) is 64.3 Å². The number of hydrogen-bond acceptors (Lipinski definition) is 7. The maximum atomic E-state index is 14.2. The predicted octanol–water partition coefficient (Wildman–Crippen LogP) is 5.09. The molecule has 2 aromatic carbocycles. The van der Waals surface area contributed by atoms with E-state index in [9.17, 15) is 14.3 Å². The Balaban J connectivity index is 1.10. The lowest BCUT2D eigenvalue weighted by molar-refractivity contribution is -0.146. The number of nitrogens with zero attached hydrogens (tertiary/aromatic N) is 5. The molecule has 3 aliphatic rings. The van der Waals surface area contributed by atoms with Gasteiger partial charge in [-0.05, 0) is 43.5 Å². The highest BCUT2D eigenvalue weighted by atomic mass is 35.5. The standard InChI is InChI=1S/C31H32Cl2FN5O4/c1-2-42-30(41)29(28-25-9-19(34)13-38(25)17-35-28)39-14-23-24(32)10-22(26(33)27(23)36-39)18-3-5-21(6-4-18)43-8-7-37-15-31(16-37)11-20(40)12-31/h3-6,10,14,17,19-20,29,40H,2,7-9,11-13,15-16H2,1H3/t19-,29?/m1/s1. The minimum atomic E-state index is -1.03. The number of fused-ring (bicyclic) bond motifs is 2. The summed E-state index contributed by atoms with van der Waals surface area (Å²) in [5.74, 6) is 0.212. The molecule has 1 saturated carbocycles. The molecule has 226 valence electrons. The summed E-state index contributed by atoms with van der Waals surface area (Å²) in [5, 5.41) is 15.7. The molecule has 2 atom stereocenters. The minimum Gasteiger partial charge on any atom is -0.492 e. The van der Waals surface area contributed by atoms with Crippen molar-refractivity contribution < 1.29 is 23.8 Å². The SMILES string of the molecule is CCOC(=O)C(c1ncn2c1C[C@@H](F)C2)n1cc2c(Cl)cc(-c3ccc(OCCN4CC5(CC(O)C5)C4)cc3)c(Cl)c2n1. The van der Waals surface area contributed by atoms with Crippen LogP contribution in [0.1, 0.15) is 37.2 Å². The average Bonchev–Trinajstić information content (AvgIpc) is 3.65. The summed E-state index contributed by atoms with van der Waals surface area (Å²) in [5.41, 5.74) is 3.37. The van der Waals surface area contributed by atoms with Crippen LogP contribution < -0.4 is 4.74 Å². The maximum absolute atomic E-state index is 14.2. The van der Waals surface area contributed by atoms with Crippen molar-refractivity contribution in [3.63, 3.8) is 0 Å². The van der Waals surface area contributed by atoms with Crippen LogP contribution in [-0.2, 0) is 22.5 Å². The normalized spacial score (nSPS) is 20.2. The summed E-state index contributed by atoms with van der Waals surface area (Å²) in [6.07, 6.45) is 4.07. The highest BCUT2D eigenvalue weighted by Crippen LogP contribution is 2.48. The summed E-state index contributed by atoms with van der Waals surface area (Å²) >= 11 is 13.6. The Bertz CT molecular complexity index is 1680. The van der Waals surface area contributed by atoms with Gasteiger partial charge >= 0.3 is 5.97 Å². The maximum Gasteiger partial charge on any atom is 0.337 e. The number of aliphatic hydroxyl groups excluding tert-OH is 1. The van der Waals surface area contributed by atoms with Crippen LogP contribution in [0.25, 0.3) is 22.0 Å². The van der Waals surface area contributed by atoms with Crippen LogP contribution in [0.15, 0.2) is 42.9 Å². The van der Waals surface area contributed by atoms with Gasteiger partial charge in [0.25, 0.3) is 0 Å². The number of imidazole rings is 1. The lowest BCUT2D eigenvalue weighted by Crippen LogP contribution is -2.64. The number of aromatic nitrogens is 4. The number of ether oxygens (including phenoxy) is 2. The number of esters is 1. The number of alkyl halides is 1. The molecule has 1 unspecified atom stereocenters. The summed E-state index contributed by atoms with van der Waals surface area (Å²) in [6, 6.07) is 8.42. The molecular formula is C31H32Cl2FN5O4. The van der Waals surface area contributed by atoms with Gasteiger partial charge in [0.15, 0.2) is 6.04 Å². The third-order valence-corrected chi connectivity index (χ3v) is 9.52. The largest absolute Gasteiger partial charge is 0.492 e. The molecule has 9 nitrogen and oxygen atoms in total. The molecule has 2 fully saturated rings. The molecule has 7 rings (SSSR count). The molecule has 2 aliphatic heterocycles. The monoisotopic (exact) mass is 627 g/mol. The first-order valence-electron chi connectivity index (χ1n) is 14.6. The van der Waals surface area contributed by atoms with E-state index in [0.29, 0.717) is 49.9 Å². The van der Waals surface area contributed by atoms with Crippen LogP contribution in [-0.4, -0.2) is 80.4 Å². The van der Waals surface area contributed by atoms with Crippen molar-refractivity contribution >= 4 is 40.1 Å².